The number of rotatable bonds is 6. The smallest absolute Gasteiger partial charge is 0.306 e. The van der Waals surface area contributed by atoms with E-state index in [0.717, 1.165) is 44.9 Å². The largest absolute Gasteiger partial charge is 0.467 e. The van der Waals surface area contributed by atoms with Crippen molar-refractivity contribution < 1.29 is 23.5 Å². The minimum absolute atomic E-state index is 0.0143. The van der Waals surface area contributed by atoms with Gasteiger partial charge in [0.2, 0.25) is 5.91 Å². The summed E-state index contributed by atoms with van der Waals surface area (Å²) in [5, 5.41) is 2.78. The molecule has 34 heavy (non-hydrogen) atoms. The Morgan fingerprint density at radius 1 is 1.09 bits per heavy atom. The lowest BCUT2D eigenvalue weighted by atomic mass is 9.47. The second-order valence-electron chi connectivity index (χ2n) is 11.4. The molecule has 4 unspecified atom stereocenters. The zero-order valence-electron chi connectivity index (χ0n) is 20.4. The second-order valence-corrected chi connectivity index (χ2v) is 11.4. The lowest BCUT2D eigenvalue weighted by Crippen LogP contribution is -2.51. The van der Waals surface area contributed by atoms with Crippen LogP contribution in [0.15, 0.2) is 34.5 Å². The van der Waals surface area contributed by atoms with Crippen LogP contribution in [0, 0.1) is 28.6 Å². The number of carbonyl (C=O) groups is 3. The van der Waals surface area contributed by atoms with Gasteiger partial charge in [-0.3, -0.25) is 14.4 Å². The van der Waals surface area contributed by atoms with E-state index in [1.165, 1.54) is 5.57 Å². The standard InChI is InChI=1S/C28H37NO5/c1-27-13-11-19(30)16-18(27)5-6-21-22-7-8-24(28(22,2)14-12-23(21)27)34-26(32)10-9-25(31)29-17-20-4-3-15-33-20/h3-4,15-16,21-24H,5-14,17H2,1-2H3,(H,29,31)/t21?,22?,23?,24?,27-,28-/m0/s1. The highest BCUT2D eigenvalue weighted by molar-refractivity contribution is 5.91. The summed E-state index contributed by atoms with van der Waals surface area (Å²) in [6.45, 7) is 5.05. The summed E-state index contributed by atoms with van der Waals surface area (Å²) in [6.07, 6.45) is 11.8. The maximum Gasteiger partial charge on any atom is 0.306 e. The van der Waals surface area contributed by atoms with Crippen molar-refractivity contribution in [1.29, 1.82) is 0 Å². The number of allylic oxidation sites excluding steroid dienone is 1. The molecule has 1 amide bonds. The Balaban J connectivity index is 1.17. The predicted octanol–water partition coefficient (Wildman–Crippen LogP) is 5.12. The topological polar surface area (TPSA) is 85.6 Å². The minimum atomic E-state index is -0.270. The van der Waals surface area contributed by atoms with Crippen molar-refractivity contribution in [3.05, 3.63) is 35.8 Å². The van der Waals surface area contributed by atoms with Crippen LogP contribution in [0.3, 0.4) is 0 Å². The number of carbonyl (C=O) groups excluding carboxylic acids is 3. The highest BCUT2D eigenvalue weighted by Gasteiger charge is 2.59. The van der Waals surface area contributed by atoms with Gasteiger partial charge in [0.05, 0.1) is 19.2 Å². The van der Waals surface area contributed by atoms with Gasteiger partial charge in [0, 0.05) is 18.3 Å². The van der Waals surface area contributed by atoms with E-state index in [1.807, 2.05) is 6.08 Å². The molecular weight excluding hydrogens is 430 g/mol. The van der Waals surface area contributed by atoms with Gasteiger partial charge in [-0.1, -0.05) is 19.4 Å². The Morgan fingerprint density at radius 2 is 1.94 bits per heavy atom. The van der Waals surface area contributed by atoms with Gasteiger partial charge < -0.3 is 14.5 Å². The Labute approximate surface area is 201 Å². The molecule has 0 bridgehead atoms. The zero-order chi connectivity index (χ0) is 23.9. The molecule has 5 rings (SSSR count). The fourth-order valence-electron chi connectivity index (χ4n) is 7.83. The first kappa shape index (κ1) is 23.4. The molecule has 4 aliphatic rings. The van der Waals surface area contributed by atoms with E-state index in [2.05, 4.69) is 19.2 Å². The molecule has 1 N–H and O–H groups in total. The monoisotopic (exact) mass is 467 g/mol. The van der Waals surface area contributed by atoms with E-state index >= 15 is 0 Å². The first-order valence-corrected chi connectivity index (χ1v) is 13.0. The highest BCUT2D eigenvalue weighted by Crippen LogP contribution is 2.65. The molecule has 0 radical (unpaired) electrons. The molecule has 0 aromatic carbocycles. The van der Waals surface area contributed by atoms with E-state index < -0.39 is 0 Å². The second kappa shape index (κ2) is 9.01. The molecule has 4 aliphatic carbocycles. The minimum Gasteiger partial charge on any atom is -0.467 e. The first-order chi connectivity index (χ1) is 16.3. The van der Waals surface area contributed by atoms with Crippen LogP contribution in [0.4, 0.5) is 0 Å². The van der Waals surface area contributed by atoms with Gasteiger partial charge in [-0.2, -0.15) is 0 Å². The molecule has 6 nitrogen and oxygen atoms in total. The van der Waals surface area contributed by atoms with Crippen molar-refractivity contribution in [3.63, 3.8) is 0 Å². The highest BCUT2D eigenvalue weighted by atomic mass is 16.5. The average molecular weight is 468 g/mol. The fourth-order valence-corrected chi connectivity index (χ4v) is 7.83. The van der Waals surface area contributed by atoms with Gasteiger partial charge in [-0.25, -0.2) is 0 Å². The number of furan rings is 1. The number of esters is 1. The van der Waals surface area contributed by atoms with Crippen molar-refractivity contribution in [1.82, 2.24) is 5.32 Å². The van der Waals surface area contributed by atoms with E-state index in [0.29, 0.717) is 42.3 Å². The maximum absolute atomic E-state index is 12.6. The SMILES string of the molecule is C[C@]12CCC3C(CCC4=CC(=O)CC[C@@]43C)C1CCC2OC(=O)CCC(=O)NCc1ccco1. The molecule has 1 aromatic heterocycles. The number of fused-ring (bicyclic) bond motifs is 5. The van der Waals surface area contributed by atoms with Crippen molar-refractivity contribution in [2.24, 2.45) is 28.6 Å². The predicted molar refractivity (Wildman–Crippen MR) is 126 cm³/mol. The average Bonchev–Trinajstić information content (AvgIpc) is 3.45. The Morgan fingerprint density at radius 3 is 2.74 bits per heavy atom. The number of ketones is 1. The first-order valence-electron chi connectivity index (χ1n) is 13.0. The third kappa shape index (κ3) is 4.14. The van der Waals surface area contributed by atoms with Crippen LogP contribution in [0.2, 0.25) is 0 Å². The van der Waals surface area contributed by atoms with Crippen LogP contribution in [-0.4, -0.2) is 23.8 Å². The molecule has 3 fully saturated rings. The summed E-state index contributed by atoms with van der Waals surface area (Å²) in [6, 6.07) is 3.58. The summed E-state index contributed by atoms with van der Waals surface area (Å²) in [7, 11) is 0. The molecule has 184 valence electrons. The summed E-state index contributed by atoms with van der Waals surface area (Å²) in [4.78, 5) is 36.8. The quantitative estimate of drug-likeness (QED) is 0.587. The van der Waals surface area contributed by atoms with Gasteiger partial charge in [0.1, 0.15) is 11.9 Å². The summed E-state index contributed by atoms with van der Waals surface area (Å²) >= 11 is 0. The Kier molecular flexibility index (Phi) is 6.19. The van der Waals surface area contributed by atoms with E-state index in [4.69, 9.17) is 9.15 Å². The number of nitrogens with one attached hydrogen (secondary N) is 1. The maximum atomic E-state index is 12.6. The lowest BCUT2D eigenvalue weighted by molar-refractivity contribution is -0.160. The zero-order valence-corrected chi connectivity index (χ0v) is 20.4. The summed E-state index contributed by atoms with van der Waals surface area (Å²) < 4.78 is 11.2. The van der Waals surface area contributed by atoms with Crippen molar-refractivity contribution in [3.8, 4) is 0 Å². The Hall–Kier alpha value is -2.37. The van der Waals surface area contributed by atoms with Crippen molar-refractivity contribution in [2.75, 3.05) is 0 Å². The summed E-state index contributed by atoms with van der Waals surface area (Å²) in [5.74, 6) is 2.39. The van der Waals surface area contributed by atoms with Crippen LogP contribution >= 0.6 is 0 Å². The molecule has 6 heteroatoms. The van der Waals surface area contributed by atoms with Crippen LogP contribution in [0.5, 0.6) is 0 Å². The molecule has 6 atom stereocenters. The molecule has 0 aliphatic heterocycles. The third-order valence-corrected chi connectivity index (χ3v) is 9.74. The normalized spacial score (nSPS) is 36.6. The molecule has 1 heterocycles. The lowest BCUT2D eigenvalue weighted by Gasteiger charge is -2.57. The van der Waals surface area contributed by atoms with E-state index in [1.54, 1.807) is 18.4 Å². The van der Waals surface area contributed by atoms with Gasteiger partial charge in [0.15, 0.2) is 5.78 Å². The molecule has 1 aromatic rings. The molecular formula is C28H37NO5. The van der Waals surface area contributed by atoms with Gasteiger partial charge in [-0.05, 0) is 86.3 Å². The van der Waals surface area contributed by atoms with Gasteiger partial charge in [0.25, 0.3) is 0 Å². The fraction of sp³-hybridized carbons (Fsp3) is 0.679. The van der Waals surface area contributed by atoms with E-state index in [-0.39, 0.29) is 41.7 Å². The molecule has 0 spiro atoms. The molecule has 3 saturated carbocycles. The van der Waals surface area contributed by atoms with E-state index in [9.17, 15) is 14.4 Å². The summed E-state index contributed by atoms with van der Waals surface area (Å²) in [5.41, 5.74) is 1.57. The van der Waals surface area contributed by atoms with Crippen molar-refractivity contribution >= 4 is 17.7 Å². The number of hydrogen-bond acceptors (Lipinski definition) is 5. The van der Waals surface area contributed by atoms with Gasteiger partial charge in [-0.15, -0.1) is 0 Å². The Bertz CT molecular complexity index is 981. The van der Waals surface area contributed by atoms with Crippen LogP contribution in [0.25, 0.3) is 0 Å². The van der Waals surface area contributed by atoms with Crippen LogP contribution in [-0.2, 0) is 25.7 Å². The molecule has 0 saturated heterocycles. The number of amides is 1. The number of hydrogen-bond donors (Lipinski definition) is 1. The van der Waals surface area contributed by atoms with Crippen LogP contribution in [0.1, 0.15) is 83.8 Å². The van der Waals surface area contributed by atoms with Crippen LogP contribution < -0.4 is 5.32 Å². The van der Waals surface area contributed by atoms with Gasteiger partial charge >= 0.3 is 5.97 Å². The third-order valence-electron chi connectivity index (χ3n) is 9.74. The number of ether oxygens (including phenoxy) is 1. The van der Waals surface area contributed by atoms with Crippen molar-refractivity contribution in [2.45, 2.75) is 90.7 Å².